The van der Waals surface area contributed by atoms with Crippen LogP contribution in [0.1, 0.15) is 0 Å². The van der Waals surface area contributed by atoms with E-state index in [0.29, 0.717) is 0 Å². The van der Waals surface area contributed by atoms with Crippen LogP contribution in [0, 0.1) is 5.41 Å². The smallest absolute Gasteiger partial charge is 0.263 e. The Morgan fingerprint density at radius 2 is 1.12 bits per heavy atom. The molecule has 0 aromatic carbocycles. The largest absolute Gasteiger partial charge is 0.324 e. The molecule has 0 atom stereocenters. The fourth-order valence-electron chi connectivity index (χ4n) is 1.41. The van der Waals surface area contributed by atoms with Gasteiger partial charge in [-0.05, 0) is 0 Å². The summed E-state index contributed by atoms with van der Waals surface area (Å²) >= 11 is 0. The lowest BCUT2D eigenvalue weighted by atomic mass is 9.74. The molecule has 9 nitrogen and oxygen atoms in total. The first kappa shape index (κ1) is 15.3. The summed E-state index contributed by atoms with van der Waals surface area (Å²) in [6.45, 7) is -2.07. The first-order valence-electron chi connectivity index (χ1n) is 4.64. The van der Waals surface area contributed by atoms with Gasteiger partial charge < -0.3 is 17.2 Å². The molecule has 17 heavy (non-hydrogen) atoms. The Morgan fingerprint density at radius 3 is 1.29 bits per heavy atom. The van der Waals surface area contributed by atoms with Crippen molar-refractivity contribution in [1.82, 2.24) is 5.43 Å². The van der Waals surface area contributed by atoms with Gasteiger partial charge in [0, 0.05) is 0 Å². The van der Waals surface area contributed by atoms with E-state index in [4.69, 9.17) is 23.0 Å². The van der Waals surface area contributed by atoms with Gasteiger partial charge in [-0.25, -0.2) is 5.84 Å². The number of carbonyl (C=O) groups excluding carboxylic acids is 4. The van der Waals surface area contributed by atoms with Crippen molar-refractivity contribution in [3.8, 4) is 0 Å². The highest BCUT2D eigenvalue weighted by Gasteiger charge is 2.56. The molecular formula is C8H15N5O4. The maximum absolute atomic E-state index is 11.6. The molecule has 0 rings (SSSR count). The van der Waals surface area contributed by atoms with Gasteiger partial charge in [0.1, 0.15) is 0 Å². The summed E-state index contributed by atoms with van der Waals surface area (Å²) in [7, 11) is 0. The van der Waals surface area contributed by atoms with Crippen molar-refractivity contribution in [3.05, 3.63) is 0 Å². The van der Waals surface area contributed by atoms with Crippen LogP contribution in [0.5, 0.6) is 0 Å². The van der Waals surface area contributed by atoms with E-state index in [9.17, 15) is 19.2 Å². The molecule has 96 valence electrons. The van der Waals surface area contributed by atoms with Crippen molar-refractivity contribution in [2.75, 3.05) is 19.6 Å². The molecule has 0 saturated heterocycles. The second-order valence-corrected chi connectivity index (χ2v) is 3.11. The van der Waals surface area contributed by atoms with E-state index in [1.807, 2.05) is 0 Å². The fraction of sp³-hybridized carbons (Fsp3) is 0.500. The lowest BCUT2D eigenvalue weighted by molar-refractivity contribution is -0.154. The van der Waals surface area contributed by atoms with E-state index in [0.717, 1.165) is 0 Å². The van der Waals surface area contributed by atoms with Gasteiger partial charge in [0.05, 0.1) is 19.6 Å². The number of Topliss-reactive ketones (excluding diaryl/α,β-unsaturated/α-hetero) is 3. The summed E-state index contributed by atoms with van der Waals surface area (Å²) in [5.74, 6) is 0.304. The Morgan fingerprint density at radius 1 is 0.824 bits per heavy atom. The third-order valence-corrected chi connectivity index (χ3v) is 2.28. The third kappa shape index (κ3) is 2.36. The first-order chi connectivity index (χ1) is 7.93. The van der Waals surface area contributed by atoms with Gasteiger partial charge >= 0.3 is 0 Å². The van der Waals surface area contributed by atoms with Crippen LogP contribution in [0.4, 0.5) is 0 Å². The topological polar surface area (TPSA) is 184 Å². The summed E-state index contributed by atoms with van der Waals surface area (Å²) in [6, 6.07) is 0. The van der Waals surface area contributed by atoms with Crippen molar-refractivity contribution >= 4 is 23.3 Å². The molecule has 0 fully saturated rings. The van der Waals surface area contributed by atoms with Gasteiger partial charge in [-0.1, -0.05) is 0 Å². The molecular weight excluding hydrogens is 230 g/mol. The highest BCUT2D eigenvalue weighted by molar-refractivity contribution is 6.39. The zero-order valence-electron chi connectivity index (χ0n) is 9.06. The minimum absolute atomic E-state index is 0.690. The lowest BCUT2D eigenvalue weighted by Gasteiger charge is -2.25. The lowest BCUT2D eigenvalue weighted by Crippen LogP contribution is -2.62. The Balaban J connectivity index is 5.88. The van der Waals surface area contributed by atoms with Crippen molar-refractivity contribution < 1.29 is 19.2 Å². The van der Waals surface area contributed by atoms with E-state index in [-0.39, 0.29) is 0 Å². The fourth-order valence-corrected chi connectivity index (χ4v) is 1.41. The number of hydrogen-bond acceptors (Lipinski definition) is 8. The summed E-state index contributed by atoms with van der Waals surface area (Å²) in [6.07, 6.45) is 0. The maximum Gasteiger partial charge on any atom is 0.263 e. The summed E-state index contributed by atoms with van der Waals surface area (Å²) in [4.78, 5) is 46.5. The van der Waals surface area contributed by atoms with Crippen LogP contribution in [0.15, 0.2) is 0 Å². The normalized spacial score (nSPS) is 10.8. The van der Waals surface area contributed by atoms with Gasteiger partial charge in [0.2, 0.25) is 5.41 Å². The monoisotopic (exact) mass is 245 g/mol. The van der Waals surface area contributed by atoms with Gasteiger partial charge in [0.15, 0.2) is 17.3 Å². The van der Waals surface area contributed by atoms with E-state index in [1.54, 1.807) is 5.43 Å². The van der Waals surface area contributed by atoms with Crippen LogP contribution in [-0.2, 0) is 19.2 Å². The highest BCUT2D eigenvalue weighted by atomic mass is 16.2. The average Bonchev–Trinajstić information content (AvgIpc) is 2.37. The van der Waals surface area contributed by atoms with E-state index < -0.39 is 48.3 Å². The van der Waals surface area contributed by atoms with Gasteiger partial charge in [-0.2, -0.15) is 0 Å². The molecule has 0 bridgehead atoms. The average molecular weight is 245 g/mol. The number of hydrazine groups is 1. The van der Waals surface area contributed by atoms with Gasteiger partial charge in [0.25, 0.3) is 5.91 Å². The maximum atomic E-state index is 11.6. The Kier molecular flexibility index (Phi) is 5.55. The van der Waals surface area contributed by atoms with Crippen LogP contribution in [0.3, 0.4) is 0 Å². The van der Waals surface area contributed by atoms with E-state index in [2.05, 4.69) is 0 Å². The van der Waals surface area contributed by atoms with Gasteiger partial charge in [-0.15, -0.1) is 0 Å². The van der Waals surface area contributed by atoms with Crippen molar-refractivity contribution in [1.29, 1.82) is 0 Å². The molecule has 0 aliphatic rings. The molecule has 0 unspecified atom stereocenters. The van der Waals surface area contributed by atoms with E-state index >= 15 is 0 Å². The van der Waals surface area contributed by atoms with Gasteiger partial charge in [-0.3, -0.25) is 24.6 Å². The van der Waals surface area contributed by atoms with Crippen LogP contribution >= 0.6 is 0 Å². The van der Waals surface area contributed by atoms with Crippen LogP contribution < -0.4 is 28.5 Å². The number of ketones is 3. The van der Waals surface area contributed by atoms with Crippen molar-refractivity contribution in [2.45, 2.75) is 0 Å². The Labute approximate surface area is 96.8 Å². The van der Waals surface area contributed by atoms with Crippen LogP contribution in [-0.4, -0.2) is 42.9 Å². The van der Waals surface area contributed by atoms with Crippen LogP contribution in [0.25, 0.3) is 0 Å². The Hall–Kier alpha value is -1.68. The van der Waals surface area contributed by atoms with Crippen LogP contribution in [0.2, 0.25) is 0 Å². The number of rotatable bonds is 7. The minimum Gasteiger partial charge on any atom is -0.324 e. The second kappa shape index (κ2) is 6.15. The third-order valence-electron chi connectivity index (χ3n) is 2.28. The first-order valence-corrected chi connectivity index (χ1v) is 4.64. The molecule has 0 saturated carbocycles. The zero-order chi connectivity index (χ0) is 13.6. The molecule has 0 aliphatic heterocycles. The molecule has 0 heterocycles. The van der Waals surface area contributed by atoms with Crippen molar-refractivity contribution in [2.24, 2.45) is 28.5 Å². The number of hydrogen-bond donors (Lipinski definition) is 5. The molecule has 0 aliphatic carbocycles. The molecule has 0 radical (unpaired) electrons. The summed E-state index contributed by atoms with van der Waals surface area (Å²) in [5.41, 5.74) is 14.2. The number of carbonyl (C=O) groups is 4. The SMILES string of the molecule is NCC(=O)C(C(=O)CN)(C(=O)CN)C(=O)NN. The standard InChI is InChI=1S/C8H15N5O4/c9-1-4(14)8(5(15)2-10,6(16)3-11)7(17)13-12/h1-3,9-12H2,(H,13,17). The molecule has 0 aromatic rings. The predicted octanol–water partition coefficient (Wildman–Crippen LogP) is -4.45. The zero-order valence-corrected chi connectivity index (χ0v) is 9.06. The van der Waals surface area contributed by atoms with E-state index in [1.165, 1.54) is 0 Å². The quantitative estimate of drug-likeness (QED) is 0.129. The molecule has 9 N–H and O–H groups in total. The number of amides is 1. The molecule has 0 aromatic heterocycles. The second-order valence-electron chi connectivity index (χ2n) is 3.11. The highest BCUT2D eigenvalue weighted by Crippen LogP contribution is 2.21. The molecule has 9 heteroatoms. The van der Waals surface area contributed by atoms with Crippen molar-refractivity contribution in [3.63, 3.8) is 0 Å². The Bertz CT molecular complexity index is 284. The number of nitrogens with one attached hydrogen (secondary N) is 1. The molecule has 0 spiro atoms. The summed E-state index contributed by atoms with van der Waals surface area (Å²) < 4.78 is 0. The predicted molar refractivity (Wildman–Crippen MR) is 56.9 cm³/mol. The number of nitrogens with two attached hydrogens (primary N) is 4. The molecule has 1 amide bonds. The minimum atomic E-state index is -2.63. The summed E-state index contributed by atoms with van der Waals surface area (Å²) in [5, 5.41) is 0.